The van der Waals surface area contributed by atoms with Gasteiger partial charge in [-0.05, 0) is 34.5 Å². The van der Waals surface area contributed by atoms with E-state index >= 15 is 0 Å². The van der Waals surface area contributed by atoms with E-state index in [0.717, 1.165) is 17.4 Å². The third-order valence-corrected chi connectivity index (χ3v) is 4.66. The van der Waals surface area contributed by atoms with Gasteiger partial charge in [-0.3, -0.25) is 4.68 Å². The van der Waals surface area contributed by atoms with Crippen LogP contribution in [0.25, 0.3) is 0 Å². The molecule has 1 aromatic carbocycles. The number of nitrogens with zero attached hydrogens (tertiary/aromatic N) is 2. The van der Waals surface area contributed by atoms with E-state index in [-0.39, 0.29) is 11.5 Å². The van der Waals surface area contributed by atoms with Crippen molar-refractivity contribution in [2.24, 2.45) is 7.05 Å². The lowest BCUT2D eigenvalue weighted by Crippen LogP contribution is -2.39. The molecule has 0 aliphatic rings. The second-order valence-corrected chi connectivity index (χ2v) is 6.83. The quantitative estimate of drug-likeness (QED) is 0.846. The molecule has 1 aromatic heterocycles. The Kier molecular flexibility index (Phi) is 5.22. The summed E-state index contributed by atoms with van der Waals surface area (Å²) >= 11 is 3.65. The Hall–Kier alpha value is -1.13. The van der Waals surface area contributed by atoms with Gasteiger partial charge in [-0.25, -0.2) is 0 Å². The first-order valence-corrected chi connectivity index (χ1v) is 8.24. The van der Waals surface area contributed by atoms with Crippen molar-refractivity contribution in [2.75, 3.05) is 6.54 Å². The summed E-state index contributed by atoms with van der Waals surface area (Å²) in [4.78, 5) is 0. The summed E-state index contributed by atoms with van der Waals surface area (Å²) in [6, 6.07) is 10.9. The average Bonchev–Trinajstić information content (AvgIpc) is 2.80. The zero-order chi connectivity index (χ0) is 15.5. The number of hydrogen-bond donors (Lipinski definition) is 1. The largest absolute Gasteiger partial charge is 0.308 e. The lowest BCUT2D eigenvalue weighted by molar-refractivity contribution is 0.331. The van der Waals surface area contributed by atoms with E-state index in [4.69, 9.17) is 0 Å². The van der Waals surface area contributed by atoms with E-state index in [9.17, 15) is 0 Å². The van der Waals surface area contributed by atoms with Crippen LogP contribution in [-0.2, 0) is 12.5 Å². The highest BCUT2D eigenvalue weighted by Gasteiger charge is 2.35. The van der Waals surface area contributed by atoms with E-state index in [1.807, 2.05) is 17.9 Å². The van der Waals surface area contributed by atoms with Crippen molar-refractivity contribution in [1.82, 2.24) is 15.1 Å². The summed E-state index contributed by atoms with van der Waals surface area (Å²) in [6.45, 7) is 7.75. The van der Waals surface area contributed by atoms with Crippen LogP contribution in [0.2, 0.25) is 0 Å². The van der Waals surface area contributed by atoms with Gasteiger partial charge in [-0.15, -0.1) is 0 Å². The van der Waals surface area contributed by atoms with Crippen molar-refractivity contribution in [3.05, 3.63) is 52.3 Å². The molecule has 1 atom stereocenters. The first kappa shape index (κ1) is 16.2. The summed E-state index contributed by atoms with van der Waals surface area (Å²) in [5, 5.41) is 8.08. The van der Waals surface area contributed by atoms with Crippen LogP contribution in [0.5, 0.6) is 0 Å². The van der Waals surface area contributed by atoms with Gasteiger partial charge >= 0.3 is 0 Å². The maximum absolute atomic E-state index is 4.38. The number of hydrogen-bond acceptors (Lipinski definition) is 2. The molecule has 0 radical (unpaired) electrons. The van der Waals surface area contributed by atoms with E-state index < -0.39 is 0 Å². The zero-order valence-corrected chi connectivity index (χ0v) is 14.8. The van der Waals surface area contributed by atoms with Crippen LogP contribution in [0.3, 0.4) is 0 Å². The van der Waals surface area contributed by atoms with Gasteiger partial charge in [0.1, 0.15) is 0 Å². The SMILES string of the molecule is CCCNC(c1c(Br)cnn1C)C(C)(C)c1ccccc1. The molecule has 1 heterocycles. The molecule has 4 heteroatoms. The standard InChI is InChI=1S/C17H24BrN3/c1-5-11-19-16(15-14(18)12-20-21(15)4)17(2,3)13-9-7-6-8-10-13/h6-10,12,16,19H,5,11H2,1-4H3. The number of aromatic nitrogens is 2. The normalized spacial score (nSPS) is 13.4. The highest BCUT2D eigenvalue weighted by molar-refractivity contribution is 9.10. The number of benzene rings is 1. The summed E-state index contributed by atoms with van der Waals surface area (Å²) in [7, 11) is 2.00. The Bertz CT molecular complexity index is 555. The smallest absolute Gasteiger partial charge is 0.0701 e. The van der Waals surface area contributed by atoms with E-state index in [0.29, 0.717) is 0 Å². The Morgan fingerprint density at radius 3 is 2.48 bits per heavy atom. The van der Waals surface area contributed by atoms with E-state index in [2.05, 4.69) is 77.4 Å². The van der Waals surface area contributed by atoms with Crippen molar-refractivity contribution < 1.29 is 0 Å². The van der Waals surface area contributed by atoms with Gasteiger partial charge in [0.2, 0.25) is 0 Å². The molecule has 0 saturated heterocycles. The molecule has 1 N–H and O–H groups in total. The topological polar surface area (TPSA) is 29.9 Å². The molecule has 0 saturated carbocycles. The second kappa shape index (κ2) is 6.75. The first-order valence-electron chi connectivity index (χ1n) is 7.44. The van der Waals surface area contributed by atoms with Crippen molar-refractivity contribution >= 4 is 15.9 Å². The van der Waals surface area contributed by atoms with E-state index in [1.165, 1.54) is 11.3 Å². The van der Waals surface area contributed by atoms with Gasteiger partial charge < -0.3 is 5.32 Å². The minimum Gasteiger partial charge on any atom is -0.308 e. The van der Waals surface area contributed by atoms with Crippen LogP contribution in [0.15, 0.2) is 41.0 Å². The van der Waals surface area contributed by atoms with Gasteiger partial charge in [0, 0.05) is 12.5 Å². The molecule has 0 bridgehead atoms. The predicted molar refractivity (Wildman–Crippen MR) is 91.4 cm³/mol. The molecule has 21 heavy (non-hydrogen) atoms. The summed E-state index contributed by atoms with van der Waals surface area (Å²) in [5.41, 5.74) is 2.48. The summed E-state index contributed by atoms with van der Waals surface area (Å²) in [5.74, 6) is 0. The molecule has 0 fully saturated rings. The number of halogens is 1. The van der Waals surface area contributed by atoms with Crippen molar-refractivity contribution in [2.45, 2.75) is 38.6 Å². The van der Waals surface area contributed by atoms with Crippen LogP contribution < -0.4 is 5.32 Å². The molecular formula is C17H24BrN3. The Labute approximate surface area is 135 Å². The molecule has 2 aromatic rings. The molecule has 2 rings (SSSR count). The van der Waals surface area contributed by atoms with Crippen LogP contribution in [0, 0.1) is 0 Å². The molecule has 0 amide bonds. The minimum absolute atomic E-state index is 0.0350. The van der Waals surface area contributed by atoms with Crippen LogP contribution in [0.4, 0.5) is 0 Å². The fourth-order valence-corrected chi connectivity index (χ4v) is 3.34. The Morgan fingerprint density at radius 2 is 1.95 bits per heavy atom. The maximum atomic E-state index is 4.38. The lowest BCUT2D eigenvalue weighted by Gasteiger charge is -2.36. The third kappa shape index (κ3) is 3.38. The molecule has 0 spiro atoms. The number of rotatable bonds is 6. The lowest BCUT2D eigenvalue weighted by atomic mass is 9.76. The predicted octanol–water partition coefficient (Wildman–Crippen LogP) is 4.20. The van der Waals surface area contributed by atoms with Gasteiger partial charge in [0.05, 0.1) is 22.4 Å². The summed E-state index contributed by atoms with van der Waals surface area (Å²) in [6.07, 6.45) is 2.98. The second-order valence-electron chi connectivity index (χ2n) is 5.98. The van der Waals surface area contributed by atoms with Gasteiger partial charge in [0.15, 0.2) is 0 Å². The Balaban J connectivity index is 2.45. The average molecular weight is 350 g/mol. The van der Waals surface area contributed by atoms with Crippen LogP contribution in [-0.4, -0.2) is 16.3 Å². The van der Waals surface area contributed by atoms with E-state index in [1.54, 1.807) is 0 Å². The number of aryl methyl sites for hydroxylation is 1. The molecule has 0 aliphatic heterocycles. The fraction of sp³-hybridized carbons (Fsp3) is 0.471. The van der Waals surface area contributed by atoms with Crippen molar-refractivity contribution in [3.8, 4) is 0 Å². The number of nitrogens with one attached hydrogen (secondary N) is 1. The molecule has 3 nitrogen and oxygen atoms in total. The monoisotopic (exact) mass is 349 g/mol. The highest BCUT2D eigenvalue weighted by Crippen LogP contribution is 2.39. The van der Waals surface area contributed by atoms with Gasteiger partial charge in [-0.1, -0.05) is 51.1 Å². The molecule has 0 aliphatic carbocycles. The summed E-state index contributed by atoms with van der Waals surface area (Å²) < 4.78 is 3.02. The molecule has 114 valence electrons. The fourth-order valence-electron chi connectivity index (χ4n) is 2.76. The first-order chi connectivity index (χ1) is 9.98. The molecule has 1 unspecified atom stereocenters. The highest BCUT2D eigenvalue weighted by atomic mass is 79.9. The third-order valence-electron chi connectivity index (χ3n) is 4.05. The maximum Gasteiger partial charge on any atom is 0.0701 e. The zero-order valence-electron chi connectivity index (χ0n) is 13.2. The Morgan fingerprint density at radius 1 is 1.29 bits per heavy atom. The van der Waals surface area contributed by atoms with Gasteiger partial charge in [0.25, 0.3) is 0 Å². The van der Waals surface area contributed by atoms with Gasteiger partial charge in [-0.2, -0.15) is 5.10 Å². The van der Waals surface area contributed by atoms with Crippen molar-refractivity contribution in [1.29, 1.82) is 0 Å². The minimum atomic E-state index is -0.0350. The van der Waals surface area contributed by atoms with Crippen molar-refractivity contribution in [3.63, 3.8) is 0 Å². The molecular weight excluding hydrogens is 326 g/mol. The van der Waals surface area contributed by atoms with Crippen LogP contribution in [0.1, 0.15) is 44.5 Å². The van der Waals surface area contributed by atoms with Crippen LogP contribution >= 0.6 is 15.9 Å².